The summed E-state index contributed by atoms with van der Waals surface area (Å²) < 4.78 is 41.2. The second kappa shape index (κ2) is 7.12. The van der Waals surface area contributed by atoms with Gasteiger partial charge in [0.15, 0.2) is 0 Å². The summed E-state index contributed by atoms with van der Waals surface area (Å²) in [6, 6.07) is 10.6. The smallest absolute Gasteiger partial charge is 0.265 e. The minimum atomic E-state index is -4.40. The van der Waals surface area contributed by atoms with Crippen molar-refractivity contribution in [3.63, 3.8) is 0 Å². The molecule has 0 aliphatic carbocycles. The summed E-state index contributed by atoms with van der Waals surface area (Å²) in [5, 5.41) is 9.38. The highest BCUT2D eigenvalue weighted by Crippen LogP contribution is 2.29. The Morgan fingerprint density at radius 2 is 1.70 bits per heavy atom. The fourth-order valence-corrected chi connectivity index (χ4v) is 3.53. The largest absolute Gasteiger partial charge is 0.416 e. The lowest BCUT2D eigenvalue weighted by molar-refractivity contribution is -0.137. The van der Waals surface area contributed by atoms with Crippen LogP contribution in [0.15, 0.2) is 53.5 Å². The number of hydrogen-bond donors (Lipinski definition) is 0. The van der Waals surface area contributed by atoms with Crippen LogP contribution < -0.4 is 5.56 Å². The molecule has 2 aromatic heterocycles. The Balaban J connectivity index is 1.81. The summed E-state index contributed by atoms with van der Waals surface area (Å²) in [5.74, 6) is 0. The Bertz CT molecular complexity index is 1300. The number of halogens is 3. The minimum absolute atomic E-state index is 0.0613. The zero-order chi connectivity index (χ0) is 21.6. The molecular formula is C22H19F3N4O. The Morgan fingerprint density at radius 1 is 1.00 bits per heavy atom. The molecule has 0 aliphatic rings. The highest BCUT2D eigenvalue weighted by molar-refractivity contribution is 5.81. The quantitative estimate of drug-likeness (QED) is 0.495. The van der Waals surface area contributed by atoms with Gasteiger partial charge in [-0.15, -0.1) is 0 Å². The van der Waals surface area contributed by atoms with Crippen molar-refractivity contribution in [1.82, 2.24) is 19.6 Å². The molecule has 0 bridgehead atoms. The van der Waals surface area contributed by atoms with E-state index in [0.717, 1.165) is 28.9 Å². The normalized spacial score (nSPS) is 11.9. The topological polar surface area (TPSA) is 52.7 Å². The van der Waals surface area contributed by atoms with Crippen LogP contribution in [0.1, 0.15) is 27.9 Å². The van der Waals surface area contributed by atoms with Gasteiger partial charge in [-0.25, -0.2) is 9.36 Å². The van der Waals surface area contributed by atoms with Crippen LogP contribution in [0.5, 0.6) is 0 Å². The lowest BCUT2D eigenvalue weighted by Crippen LogP contribution is -2.26. The second-order valence-electron chi connectivity index (χ2n) is 7.35. The summed E-state index contributed by atoms with van der Waals surface area (Å²) in [6.07, 6.45) is -2.79. The maximum atomic E-state index is 13.2. The Labute approximate surface area is 170 Å². The first kappa shape index (κ1) is 19.9. The van der Waals surface area contributed by atoms with E-state index in [9.17, 15) is 18.0 Å². The van der Waals surface area contributed by atoms with Gasteiger partial charge in [-0.1, -0.05) is 29.8 Å². The van der Waals surface area contributed by atoms with E-state index >= 15 is 0 Å². The molecule has 0 unspecified atom stereocenters. The van der Waals surface area contributed by atoms with Gasteiger partial charge < -0.3 is 0 Å². The van der Waals surface area contributed by atoms with E-state index in [0.29, 0.717) is 22.2 Å². The molecular weight excluding hydrogens is 393 g/mol. The Morgan fingerprint density at radius 3 is 2.33 bits per heavy atom. The van der Waals surface area contributed by atoms with Crippen molar-refractivity contribution in [3.8, 4) is 5.69 Å². The molecule has 0 amide bonds. The molecule has 0 N–H and O–H groups in total. The summed E-state index contributed by atoms with van der Waals surface area (Å²) in [7, 11) is 0. The molecule has 8 heteroatoms. The van der Waals surface area contributed by atoms with Crippen LogP contribution in [0.2, 0.25) is 0 Å². The highest BCUT2D eigenvalue weighted by Gasteiger charge is 2.30. The second-order valence-corrected chi connectivity index (χ2v) is 7.35. The van der Waals surface area contributed by atoms with Gasteiger partial charge in [0.05, 0.1) is 29.7 Å². The average molecular weight is 412 g/mol. The van der Waals surface area contributed by atoms with Crippen molar-refractivity contribution in [1.29, 1.82) is 0 Å². The van der Waals surface area contributed by atoms with Crippen LogP contribution in [-0.2, 0) is 12.7 Å². The highest BCUT2D eigenvalue weighted by atomic mass is 19.4. The molecule has 0 radical (unpaired) electrons. The van der Waals surface area contributed by atoms with Crippen molar-refractivity contribution >= 4 is 10.9 Å². The van der Waals surface area contributed by atoms with Crippen molar-refractivity contribution in [2.24, 2.45) is 0 Å². The van der Waals surface area contributed by atoms with E-state index in [-0.39, 0.29) is 12.1 Å². The van der Waals surface area contributed by atoms with E-state index in [2.05, 4.69) is 10.2 Å². The van der Waals surface area contributed by atoms with Crippen LogP contribution >= 0.6 is 0 Å². The molecule has 0 saturated carbocycles. The first-order valence-electron chi connectivity index (χ1n) is 9.34. The number of benzene rings is 2. The summed E-state index contributed by atoms with van der Waals surface area (Å²) in [4.78, 5) is 13.2. The molecule has 154 valence electrons. The maximum absolute atomic E-state index is 13.2. The van der Waals surface area contributed by atoms with Gasteiger partial charge in [0.1, 0.15) is 5.52 Å². The fraction of sp³-hybridized carbons (Fsp3) is 0.227. The molecule has 0 aliphatic heterocycles. The number of hydrogen-bond acceptors (Lipinski definition) is 3. The monoisotopic (exact) mass is 412 g/mol. The molecule has 2 heterocycles. The van der Waals surface area contributed by atoms with Gasteiger partial charge in [-0.2, -0.15) is 23.4 Å². The van der Waals surface area contributed by atoms with E-state index < -0.39 is 11.7 Å². The van der Waals surface area contributed by atoms with Crippen LogP contribution in [0.4, 0.5) is 13.2 Å². The van der Waals surface area contributed by atoms with Crippen LogP contribution in [0.25, 0.3) is 16.6 Å². The predicted octanol–water partition coefficient (Wildman–Crippen LogP) is 4.57. The van der Waals surface area contributed by atoms with Gasteiger partial charge in [0.2, 0.25) is 0 Å². The molecule has 0 spiro atoms. The van der Waals surface area contributed by atoms with Crippen LogP contribution in [-0.4, -0.2) is 19.6 Å². The van der Waals surface area contributed by atoms with Crippen molar-refractivity contribution in [2.45, 2.75) is 33.5 Å². The number of nitrogens with zero attached hydrogens (tertiary/aromatic N) is 4. The van der Waals surface area contributed by atoms with Gasteiger partial charge in [-0.05, 0) is 50.1 Å². The predicted molar refractivity (Wildman–Crippen MR) is 108 cm³/mol. The molecule has 30 heavy (non-hydrogen) atoms. The Hall–Kier alpha value is -3.42. The van der Waals surface area contributed by atoms with Crippen molar-refractivity contribution < 1.29 is 13.2 Å². The van der Waals surface area contributed by atoms with E-state index in [4.69, 9.17) is 0 Å². The summed E-state index contributed by atoms with van der Waals surface area (Å²) >= 11 is 0. The zero-order valence-electron chi connectivity index (χ0n) is 16.7. The Kier molecular flexibility index (Phi) is 4.72. The average Bonchev–Trinajstić information content (AvgIpc) is 3.11. The number of rotatable bonds is 3. The number of aryl methyl sites for hydroxylation is 3. The van der Waals surface area contributed by atoms with Gasteiger partial charge in [0.25, 0.3) is 5.56 Å². The molecule has 0 saturated heterocycles. The van der Waals surface area contributed by atoms with E-state index in [1.807, 2.05) is 32.0 Å². The molecule has 5 nitrogen and oxygen atoms in total. The maximum Gasteiger partial charge on any atom is 0.416 e. The third-order valence-electron chi connectivity index (χ3n) is 5.06. The van der Waals surface area contributed by atoms with Crippen molar-refractivity contribution in [2.75, 3.05) is 0 Å². The third kappa shape index (κ3) is 3.49. The molecule has 4 rings (SSSR count). The lowest BCUT2D eigenvalue weighted by atomic mass is 10.1. The molecule has 4 aromatic rings. The number of fused-ring (bicyclic) bond motifs is 1. The minimum Gasteiger partial charge on any atom is -0.265 e. The zero-order valence-corrected chi connectivity index (χ0v) is 16.7. The SMILES string of the molecule is Cc1ccc(-n2ncc3c(C)nn(Cc4ccc(C(F)(F)F)cc4)c(=O)c32)c(C)c1. The van der Waals surface area contributed by atoms with E-state index in [1.54, 1.807) is 17.8 Å². The lowest BCUT2D eigenvalue weighted by Gasteiger charge is -2.11. The third-order valence-corrected chi connectivity index (χ3v) is 5.06. The van der Waals surface area contributed by atoms with Gasteiger partial charge in [-0.3, -0.25) is 4.79 Å². The molecule has 0 fully saturated rings. The van der Waals surface area contributed by atoms with Gasteiger partial charge >= 0.3 is 6.18 Å². The molecule has 0 atom stereocenters. The number of aromatic nitrogens is 4. The summed E-state index contributed by atoms with van der Waals surface area (Å²) in [6.45, 7) is 5.78. The van der Waals surface area contributed by atoms with Crippen LogP contribution in [0.3, 0.4) is 0 Å². The van der Waals surface area contributed by atoms with E-state index in [1.165, 1.54) is 16.8 Å². The standard InChI is InChI=1S/C22H19F3N4O/c1-13-4-9-19(14(2)10-13)29-20-18(11-26-29)15(3)27-28(21(20)30)12-16-5-7-17(8-6-16)22(23,24)25/h4-11H,12H2,1-3H3. The van der Waals surface area contributed by atoms with Crippen LogP contribution in [0, 0.1) is 20.8 Å². The number of alkyl halides is 3. The summed E-state index contributed by atoms with van der Waals surface area (Å²) in [5.41, 5.74) is 3.34. The van der Waals surface area contributed by atoms with Gasteiger partial charge in [0, 0.05) is 5.39 Å². The van der Waals surface area contributed by atoms with Crippen molar-refractivity contribution in [3.05, 3.63) is 87.0 Å². The first-order chi connectivity index (χ1) is 14.1. The first-order valence-corrected chi connectivity index (χ1v) is 9.34. The molecule has 2 aromatic carbocycles. The fourth-order valence-electron chi connectivity index (χ4n) is 3.53.